The SMILES string of the molecule is COCCNC(=O)c1cccc(NC(=O)c2cnc3c(c2)ncn3C2CC2)c1C. The smallest absolute Gasteiger partial charge is 0.257 e. The molecule has 0 aliphatic heterocycles. The minimum Gasteiger partial charge on any atom is -0.383 e. The summed E-state index contributed by atoms with van der Waals surface area (Å²) in [6.45, 7) is 2.66. The summed E-state index contributed by atoms with van der Waals surface area (Å²) >= 11 is 0. The molecule has 8 nitrogen and oxygen atoms in total. The van der Waals surface area contributed by atoms with Crippen molar-refractivity contribution >= 4 is 28.7 Å². The fourth-order valence-electron chi connectivity index (χ4n) is 3.24. The van der Waals surface area contributed by atoms with Crippen LogP contribution in [0.2, 0.25) is 0 Å². The van der Waals surface area contributed by atoms with E-state index in [0.29, 0.717) is 47.1 Å². The van der Waals surface area contributed by atoms with Crippen LogP contribution in [0.25, 0.3) is 11.2 Å². The van der Waals surface area contributed by atoms with Crippen LogP contribution in [0, 0.1) is 6.92 Å². The van der Waals surface area contributed by atoms with Gasteiger partial charge in [0.2, 0.25) is 0 Å². The summed E-state index contributed by atoms with van der Waals surface area (Å²) in [7, 11) is 1.58. The highest BCUT2D eigenvalue weighted by Gasteiger charge is 2.25. The van der Waals surface area contributed by atoms with Crippen molar-refractivity contribution in [1.29, 1.82) is 0 Å². The Morgan fingerprint density at radius 2 is 2.07 bits per heavy atom. The van der Waals surface area contributed by atoms with Crippen LogP contribution >= 0.6 is 0 Å². The largest absolute Gasteiger partial charge is 0.383 e. The number of hydrogen-bond donors (Lipinski definition) is 2. The van der Waals surface area contributed by atoms with Gasteiger partial charge in [0.15, 0.2) is 5.65 Å². The van der Waals surface area contributed by atoms with E-state index in [1.165, 1.54) is 0 Å². The number of pyridine rings is 1. The molecular weight excluding hydrogens is 370 g/mol. The molecule has 2 amide bonds. The minimum absolute atomic E-state index is 0.204. The standard InChI is InChI=1S/C21H23N5O3/c1-13-16(21(28)22-8-9-29-2)4-3-5-17(13)25-20(27)14-10-18-19(23-11-14)26(12-24-18)15-6-7-15/h3-5,10-12,15H,6-9H2,1-2H3,(H,22,28)(H,25,27). The van der Waals surface area contributed by atoms with E-state index in [0.717, 1.165) is 18.5 Å². The summed E-state index contributed by atoms with van der Waals surface area (Å²) in [5.74, 6) is -0.496. The quantitative estimate of drug-likeness (QED) is 0.602. The Bertz CT molecular complexity index is 1070. The van der Waals surface area contributed by atoms with Gasteiger partial charge in [-0.2, -0.15) is 0 Å². The van der Waals surface area contributed by atoms with Gasteiger partial charge < -0.3 is 19.9 Å². The molecule has 2 aromatic heterocycles. The Labute approximate surface area is 168 Å². The lowest BCUT2D eigenvalue weighted by Crippen LogP contribution is -2.27. The molecule has 2 N–H and O–H groups in total. The van der Waals surface area contributed by atoms with Crippen molar-refractivity contribution in [2.45, 2.75) is 25.8 Å². The molecule has 1 aliphatic carbocycles. The molecule has 150 valence electrons. The average Bonchev–Trinajstić information content (AvgIpc) is 3.48. The molecule has 3 aromatic rings. The highest BCUT2D eigenvalue weighted by Crippen LogP contribution is 2.36. The lowest BCUT2D eigenvalue weighted by atomic mass is 10.1. The normalized spacial score (nSPS) is 13.4. The monoisotopic (exact) mass is 393 g/mol. The Morgan fingerprint density at radius 3 is 2.83 bits per heavy atom. The molecule has 29 heavy (non-hydrogen) atoms. The number of aromatic nitrogens is 3. The van der Waals surface area contributed by atoms with Gasteiger partial charge in [-0.1, -0.05) is 6.07 Å². The van der Waals surface area contributed by atoms with Crippen molar-refractivity contribution in [3.8, 4) is 0 Å². The summed E-state index contributed by atoms with van der Waals surface area (Å²) in [4.78, 5) is 33.9. The highest BCUT2D eigenvalue weighted by atomic mass is 16.5. The first-order chi connectivity index (χ1) is 14.1. The molecule has 4 rings (SSSR count). The van der Waals surface area contributed by atoms with Crippen molar-refractivity contribution in [3.05, 3.63) is 53.5 Å². The summed E-state index contributed by atoms with van der Waals surface area (Å²) in [5.41, 5.74) is 3.71. The number of carbonyl (C=O) groups excluding carboxylic acids is 2. The van der Waals surface area contributed by atoms with Crippen molar-refractivity contribution in [1.82, 2.24) is 19.9 Å². The van der Waals surface area contributed by atoms with Gasteiger partial charge >= 0.3 is 0 Å². The molecule has 0 unspecified atom stereocenters. The van der Waals surface area contributed by atoms with Crippen LogP contribution in [0.4, 0.5) is 5.69 Å². The number of fused-ring (bicyclic) bond motifs is 1. The van der Waals surface area contributed by atoms with Crippen LogP contribution < -0.4 is 10.6 Å². The van der Waals surface area contributed by atoms with Gasteiger partial charge in [-0.25, -0.2) is 9.97 Å². The number of imidazole rings is 1. The number of rotatable bonds is 7. The van der Waals surface area contributed by atoms with E-state index in [1.54, 1.807) is 50.8 Å². The second-order valence-corrected chi connectivity index (χ2v) is 7.13. The number of anilines is 1. The van der Waals surface area contributed by atoms with Crippen molar-refractivity contribution < 1.29 is 14.3 Å². The Hall–Kier alpha value is -3.26. The Balaban J connectivity index is 1.51. The van der Waals surface area contributed by atoms with Gasteiger partial charge in [0.05, 0.1) is 18.5 Å². The number of nitrogens with zero attached hydrogens (tertiary/aromatic N) is 3. The van der Waals surface area contributed by atoms with Crippen LogP contribution in [-0.2, 0) is 4.74 Å². The zero-order valence-electron chi connectivity index (χ0n) is 16.4. The molecule has 1 saturated carbocycles. The minimum atomic E-state index is -0.291. The predicted molar refractivity (Wildman–Crippen MR) is 109 cm³/mol. The average molecular weight is 393 g/mol. The summed E-state index contributed by atoms with van der Waals surface area (Å²) in [6, 6.07) is 7.46. The topological polar surface area (TPSA) is 98.1 Å². The summed E-state index contributed by atoms with van der Waals surface area (Å²) in [6.07, 6.45) is 5.63. The molecule has 0 spiro atoms. The second-order valence-electron chi connectivity index (χ2n) is 7.13. The molecule has 2 heterocycles. The van der Waals surface area contributed by atoms with Gasteiger partial charge in [0.25, 0.3) is 11.8 Å². The van der Waals surface area contributed by atoms with E-state index < -0.39 is 0 Å². The number of nitrogens with one attached hydrogen (secondary N) is 2. The van der Waals surface area contributed by atoms with E-state index in [9.17, 15) is 9.59 Å². The predicted octanol–water partition coefficient (Wildman–Crippen LogP) is 2.70. The fraction of sp³-hybridized carbons (Fsp3) is 0.333. The number of ether oxygens (including phenoxy) is 1. The first-order valence-corrected chi connectivity index (χ1v) is 9.59. The molecule has 0 radical (unpaired) electrons. The van der Waals surface area contributed by atoms with Gasteiger partial charge in [0, 0.05) is 37.1 Å². The molecular formula is C21H23N5O3. The zero-order valence-corrected chi connectivity index (χ0v) is 16.4. The van der Waals surface area contributed by atoms with Crippen LogP contribution in [0.1, 0.15) is 45.2 Å². The van der Waals surface area contributed by atoms with Gasteiger partial charge in [-0.05, 0) is 43.5 Å². The van der Waals surface area contributed by atoms with Crippen LogP contribution in [0.5, 0.6) is 0 Å². The van der Waals surface area contributed by atoms with Crippen molar-refractivity contribution in [2.24, 2.45) is 0 Å². The third kappa shape index (κ3) is 3.97. The molecule has 0 atom stereocenters. The van der Waals surface area contributed by atoms with Crippen LogP contribution in [0.15, 0.2) is 36.8 Å². The number of carbonyl (C=O) groups is 2. The first-order valence-electron chi connectivity index (χ1n) is 9.59. The third-order valence-corrected chi connectivity index (χ3v) is 5.03. The number of benzene rings is 1. The third-order valence-electron chi connectivity index (χ3n) is 5.03. The summed E-state index contributed by atoms with van der Waals surface area (Å²) < 4.78 is 7.01. The summed E-state index contributed by atoms with van der Waals surface area (Å²) in [5, 5.41) is 5.67. The molecule has 0 saturated heterocycles. The Morgan fingerprint density at radius 1 is 1.24 bits per heavy atom. The maximum absolute atomic E-state index is 12.8. The lowest BCUT2D eigenvalue weighted by molar-refractivity contribution is 0.0935. The van der Waals surface area contributed by atoms with Gasteiger partial charge in [0.1, 0.15) is 5.52 Å². The lowest BCUT2D eigenvalue weighted by Gasteiger charge is -2.13. The zero-order chi connectivity index (χ0) is 20.4. The molecule has 0 bridgehead atoms. The molecule has 8 heteroatoms. The van der Waals surface area contributed by atoms with E-state index in [-0.39, 0.29) is 11.8 Å². The van der Waals surface area contributed by atoms with Gasteiger partial charge in [-0.3, -0.25) is 9.59 Å². The van der Waals surface area contributed by atoms with E-state index in [1.807, 2.05) is 0 Å². The van der Waals surface area contributed by atoms with E-state index in [2.05, 4.69) is 25.2 Å². The van der Waals surface area contributed by atoms with Gasteiger partial charge in [-0.15, -0.1) is 0 Å². The van der Waals surface area contributed by atoms with Crippen LogP contribution in [0.3, 0.4) is 0 Å². The maximum atomic E-state index is 12.8. The maximum Gasteiger partial charge on any atom is 0.257 e. The molecule has 1 aromatic carbocycles. The molecule has 1 aliphatic rings. The second kappa shape index (κ2) is 8.00. The fourth-order valence-corrected chi connectivity index (χ4v) is 3.24. The van der Waals surface area contributed by atoms with Crippen molar-refractivity contribution in [3.63, 3.8) is 0 Å². The van der Waals surface area contributed by atoms with E-state index in [4.69, 9.17) is 4.74 Å². The van der Waals surface area contributed by atoms with Crippen LogP contribution in [-0.4, -0.2) is 46.6 Å². The molecule has 1 fully saturated rings. The van der Waals surface area contributed by atoms with E-state index >= 15 is 0 Å². The Kier molecular flexibility index (Phi) is 5.26. The number of methoxy groups -OCH3 is 1. The first kappa shape index (κ1) is 19.1. The number of hydrogen-bond acceptors (Lipinski definition) is 5. The number of amides is 2. The van der Waals surface area contributed by atoms with Crippen molar-refractivity contribution in [2.75, 3.05) is 25.6 Å². The highest BCUT2D eigenvalue weighted by molar-refractivity contribution is 6.07.